The van der Waals surface area contributed by atoms with Gasteiger partial charge >= 0.3 is 6.18 Å². The van der Waals surface area contributed by atoms with Crippen LogP contribution in [0.4, 0.5) is 25.1 Å². The number of hydrogen-bond acceptors (Lipinski definition) is 8. The monoisotopic (exact) mass is 288 g/mol. The van der Waals surface area contributed by atoms with E-state index in [9.17, 15) is 18.0 Å². The maximum atomic E-state index is 12.2. The highest BCUT2D eigenvalue weighted by molar-refractivity contribution is 5.98. The Kier molecular flexibility index (Phi) is 3.21. The molecular weight excluding hydrogens is 281 g/mol. The van der Waals surface area contributed by atoms with E-state index in [1.807, 2.05) is 0 Å². The second-order valence-electron chi connectivity index (χ2n) is 3.60. The number of carbonyl (C=O) groups is 1. The van der Waals surface area contributed by atoms with Gasteiger partial charge in [-0.2, -0.15) is 28.1 Å². The molecule has 106 valence electrons. The number of anilines is 2. The van der Waals surface area contributed by atoms with Crippen molar-refractivity contribution >= 4 is 17.7 Å². The minimum atomic E-state index is -5.01. The van der Waals surface area contributed by atoms with Crippen LogP contribution in [0.1, 0.15) is 16.3 Å². The summed E-state index contributed by atoms with van der Waals surface area (Å²) in [6.45, 7) is -0.158. The molecule has 4 N–H and O–H groups in total. The van der Waals surface area contributed by atoms with E-state index in [-0.39, 0.29) is 24.3 Å². The number of alkyl halides is 3. The largest absolute Gasteiger partial charge is 0.456 e. The third-order valence-electron chi connectivity index (χ3n) is 2.05. The average molecular weight is 288 g/mol. The van der Waals surface area contributed by atoms with Gasteiger partial charge in [0, 0.05) is 0 Å². The number of hydrogen-bond donors (Lipinski definition) is 2. The molecule has 2 rings (SSSR count). The number of nitrogens with zero attached hydrogens (tertiary/aromatic N) is 6. The highest BCUT2D eigenvalue weighted by atomic mass is 19.4. The van der Waals surface area contributed by atoms with Crippen molar-refractivity contribution in [1.29, 1.82) is 0 Å². The number of rotatable bonds is 3. The molecule has 2 aromatic rings. The topological polar surface area (TPSA) is 138 Å². The molecule has 9 nitrogen and oxygen atoms in total. The molecular formula is C8H7F3N8O. The lowest BCUT2D eigenvalue weighted by Crippen LogP contribution is -2.23. The summed E-state index contributed by atoms with van der Waals surface area (Å²) in [6.07, 6.45) is -4.19. The Hall–Kier alpha value is -2.79. The minimum Gasteiger partial charge on any atom is -0.368 e. The van der Waals surface area contributed by atoms with Gasteiger partial charge in [-0.25, -0.2) is 4.68 Å². The highest BCUT2D eigenvalue weighted by Gasteiger charge is 2.41. The zero-order valence-corrected chi connectivity index (χ0v) is 9.66. The summed E-state index contributed by atoms with van der Waals surface area (Å²) >= 11 is 0. The van der Waals surface area contributed by atoms with Gasteiger partial charge in [-0.3, -0.25) is 4.79 Å². The summed E-state index contributed by atoms with van der Waals surface area (Å²) < 4.78 is 37.5. The second kappa shape index (κ2) is 4.71. The molecule has 0 spiro atoms. The molecule has 0 radical (unpaired) electrons. The molecule has 0 aliphatic carbocycles. The standard InChI is InChI=1S/C8H7F3N8O/c9-8(10,11)5(20)3-1-19(18-17-3)2-4-14-6(12)16-7(13)15-4/h1H,2H2,(H4,12,13,14,15,16). The molecule has 0 aliphatic rings. The molecule has 0 fully saturated rings. The normalized spacial score (nSPS) is 11.6. The number of ketones is 1. The molecule has 0 aliphatic heterocycles. The van der Waals surface area contributed by atoms with Crippen molar-refractivity contribution in [2.24, 2.45) is 0 Å². The summed E-state index contributed by atoms with van der Waals surface area (Å²) in [5.41, 5.74) is 9.84. The van der Waals surface area contributed by atoms with Gasteiger partial charge in [-0.1, -0.05) is 5.21 Å². The first-order valence-electron chi connectivity index (χ1n) is 5.03. The Morgan fingerprint density at radius 1 is 1.20 bits per heavy atom. The number of carbonyl (C=O) groups excluding carboxylic acids is 1. The van der Waals surface area contributed by atoms with Crippen LogP contribution in [0.25, 0.3) is 0 Å². The third-order valence-corrected chi connectivity index (χ3v) is 2.05. The Labute approximate surface area is 108 Å². The lowest BCUT2D eigenvalue weighted by atomic mass is 10.3. The van der Waals surface area contributed by atoms with Crippen LogP contribution in [-0.2, 0) is 6.54 Å². The van der Waals surface area contributed by atoms with Crippen LogP contribution >= 0.6 is 0 Å². The fourth-order valence-corrected chi connectivity index (χ4v) is 1.30. The summed E-state index contributed by atoms with van der Waals surface area (Å²) in [4.78, 5) is 21.9. The van der Waals surface area contributed by atoms with Gasteiger partial charge in [-0.05, 0) is 0 Å². The van der Waals surface area contributed by atoms with Gasteiger partial charge in [0.2, 0.25) is 11.9 Å². The number of nitrogens with two attached hydrogens (primary N) is 2. The molecule has 2 heterocycles. The van der Waals surface area contributed by atoms with Crippen LogP contribution in [0.15, 0.2) is 6.20 Å². The molecule has 0 unspecified atom stereocenters. The first kappa shape index (κ1) is 13.6. The van der Waals surface area contributed by atoms with E-state index in [0.29, 0.717) is 0 Å². The lowest BCUT2D eigenvalue weighted by molar-refractivity contribution is -0.0888. The maximum Gasteiger partial charge on any atom is 0.456 e. The molecule has 0 bridgehead atoms. The van der Waals surface area contributed by atoms with Crippen molar-refractivity contribution in [2.75, 3.05) is 11.5 Å². The molecule has 12 heteroatoms. The molecule has 0 amide bonds. The highest BCUT2D eigenvalue weighted by Crippen LogP contribution is 2.19. The van der Waals surface area contributed by atoms with Crippen molar-refractivity contribution in [1.82, 2.24) is 29.9 Å². The predicted octanol–water partition coefficient (Wildman–Crippen LogP) is -0.579. The summed E-state index contributed by atoms with van der Waals surface area (Å²) in [7, 11) is 0. The van der Waals surface area contributed by atoms with Crippen LogP contribution in [-0.4, -0.2) is 41.9 Å². The van der Waals surface area contributed by atoms with Crippen LogP contribution in [0, 0.1) is 0 Å². The molecule has 0 saturated carbocycles. The average Bonchev–Trinajstić information content (AvgIpc) is 2.73. The zero-order valence-electron chi connectivity index (χ0n) is 9.66. The van der Waals surface area contributed by atoms with Gasteiger partial charge in [0.05, 0.1) is 6.20 Å². The first-order valence-corrected chi connectivity index (χ1v) is 5.03. The third kappa shape index (κ3) is 2.96. The van der Waals surface area contributed by atoms with E-state index in [0.717, 1.165) is 10.9 Å². The van der Waals surface area contributed by atoms with Gasteiger partial charge in [0.15, 0.2) is 11.5 Å². The number of nitrogen functional groups attached to an aromatic ring is 2. The second-order valence-corrected chi connectivity index (χ2v) is 3.60. The fraction of sp³-hybridized carbons (Fsp3) is 0.250. The Morgan fingerprint density at radius 3 is 2.35 bits per heavy atom. The van der Waals surface area contributed by atoms with Crippen molar-refractivity contribution < 1.29 is 18.0 Å². The molecule has 0 atom stereocenters. The summed E-state index contributed by atoms with van der Waals surface area (Å²) in [5.74, 6) is -2.29. The van der Waals surface area contributed by atoms with Gasteiger partial charge in [-0.15, -0.1) is 5.10 Å². The molecule has 2 aromatic heterocycles. The quantitative estimate of drug-likeness (QED) is 0.715. The minimum absolute atomic E-state index is 0.0749. The van der Waals surface area contributed by atoms with E-state index < -0.39 is 17.7 Å². The van der Waals surface area contributed by atoms with E-state index in [1.165, 1.54) is 0 Å². The number of Topliss-reactive ketones (excluding diaryl/α,β-unsaturated/α-hetero) is 1. The Morgan fingerprint density at radius 2 is 1.80 bits per heavy atom. The summed E-state index contributed by atoms with van der Waals surface area (Å²) in [5, 5.41) is 6.50. The number of halogens is 3. The van der Waals surface area contributed by atoms with Gasteiger partial charge in [0.25, 0.3) is 5.78 Å². The molecule has 0 aromatic carbocycles. The van der Waals surface area contributed by atoms with Crippen LogP contribution < -0.4 is 11.5 Å². The lowest BCUT2D eigenvalue weighted by Gasteiger charge is -2.01. The summed E-state index contributed by atoms with van der Waals surface area (Å²) in [6, 6.07) is 0. The Balaban J connectivity index is 2.20. The molecule has 0 saturated heterocycles. The van der Waals surface area contributed by atoms with Crippen molar-refractivity contribution in [3.05, 3.63) is 17.7 Å². The first-order chi connectivity index (χ1) is 9.25. The van der Waals surface area contributed by atoms with Crippen LogP contribution in [0.5, 0.6) is 0 Å². The molecule has 20 heavy (non-hydrogen) atoms. The van der Waals surface area contributed by atoms with Gasteiger partial charge < -0.3 is 11.5 Å². The van der Waals surface area contributed by atoms with E-state index >= 15 is 0 Å². The smallest absolute Gasteiger partial charge is 0.368 e. The van der Waals surface area contributed by atoms with E-state index in [4.69, 9.17) is 11.5 Å². The van der Waals surface area contributed by atoms with Crippen LogP contribution in [0.3, 0.4) is 0 Å². The SMILES string of the molecule is Nc1nc(N)nc(Cn2cc(C(=O)C(F)(F)F)nn2)n1. The van der Waals surface area contributed by atoms with E-state index in [1.54, 1.807) is 0 Å². The number of aromatic nitrogens is 6. The fourth-order valence-electron chi connectivity index (χ4n) is 1.30. The maximum absolute atomic E-state index is 12.2. The van der Waals surface area contributed by atoms with Crippen molar-refractivity contribution in [3.63, 3.8) is 0 Å². The van der Waals surface area contributed by atoms with Crippen molar-refractivity contribution in [3.8, 4) is 0 Å². The van der Waals surface area contributed by atoms with E-state index in [2.05, 4.69) is 25.3 Å². The predicted molar refractivity (Wildman–Crippen MR) is 58.2 cm³/mol. The van der Waals surface area contributed by atoms with Gasteiger partial charge in [0.1, 0.15) is 6.54 Å². The van der Waals surface area contributed by atoms with Crippen molar-refractivity contribution in [2.45, 2.75) is 12.7 Å². The Bertz CT molecular complexity index is 631. The van der Waals surface area contributed by atoms with Crippen LogP contribution in [0.2, 0.25) is 0 Å². The zero-order chi connectivity index (χ0) is 14.9.